The SMILES string of the molecule is CC(C)(C)S(=O)N[C@@H]1CCCC12CCN(c1ncc(Sc3cccc(N)c3Cl)c3nccn13)CC2. The fourth-order valence-corrected chi connectivity index (χ4v) is 7.45. The number of nitrogen functional groups attached to an aromatic ring is 1. The van der Waals surface area contributed by atoms with Crippen molar-refractivity contribution < 1.29 is 4.21 Å². The lowest BCUT2D eigenvalue weighted by Crippen LogP contribution is -2.51. The summed E-state index contributed by atoms with van der Waals surface area (Å²) in [5, 5.41) is 0.555. The molecule has 0 radical (unpaired) electrons. The molecule has 3 heterocycles. The molecule has 2 aromatic heterocycles. The number of hydrogen-bond acceptors (Lipinski definition) is 6. The zero-order valence-electron chi connectivity index (χ0n) is 20.5. The first-order valence-electron chi connectivity index (χ1n) is 12.1. The fourth-order valence-electron chi connectivity index (χ4n) is 5.29. The Balaban J connectivity index is 1.34. The van der Waals surface area contributed by atoms with Crippen LogP contribution in [0.3, 0.4) is 0 Å². The van der Waals surface area contributed by atoms with Crippen molar-refractivity contribution in [2.24, 2.45) is 5.41 Å². The third kappa shape index (κ3) is 4.80. The third-order valence-electron chi connectivity index (χ3n) is 7.34. The molecule has 188 valence electrons. The Kier molecular flexibility index (Phi) is 6.80. The Morgan fingerprint density at radius 3 is 2.71 bits per heavy atom. The van der Waals surface area contributed by atoms with Crippen LogP contribution in [0.15, 0.2) is 46.6 Å². The van der Waals surface area contributed by atoms with Gasteiger partial charge in [0.15, 0.2) is 5.65 Å². The lowest BCUT2D eigenvalue weighted by molar-refractivity contribution is 0.187. The summed E-state index contributed by atoms with van der Waals surface area (Å²) >= 11 is 7.95. The van der Waals surface area contributed by atoms with Gasteiger partial charge in [-0.3, -0.25) is 4.40 Å². The molecule has 3 N–H and O–H groups in total. The highest BCUT2D eigenvalue weighted by Crippen LogP contribution is 2.47. The molecular weight excluding hydrogens is 500 g/mol. The average molecular weight is 533 g/mol. The highest BCUT2D eigenvalue weighted by atomic mass is 35.5. The zero-order valence-corrected chi connectivity index (χ0v) is 22.8. The van der Waals surface area contributed by atoms with Crippen LogP contribution in [0.1, 0.15) is 52.9 Å². The quantitative estimate of drug-likeness (QED) is 0.433. The van der Waals surface area contributed by atoms with E-state index in [1.54, 1.807) is 6.07 Å². The maximum atomic E-state index is 12.8. The van der Waals surface area contributed by atoms with E-state index in [9.17, 15) is 4.21 Å². The summed E-state index contributed by atoms with van der Waals surface area (Å²) in [4.78, 5) is 13.7. The summed E-state index contributed by atoms with van der Waals surface area (Å²) in [6.07, 6.45) is 11.3. The molecule has 1 spiro atoms. The number of benzene rings is 1. The van der Waals surface area contributed by atoms with Crippen molar-refractivity contribution in [3.05, 3.63) is 41.8 Å². The minimum Gasteiger partial charge on any atom is -0.397 e. The number of nitrogens with one attached hydrogen (secondary N) is 1. The number of imidazole rings is 1. The lowest BCUT2D eigenvalue weighted by Gasteiger charge is -2.44. The molecule has 10 heteroatoms. The molecule has 1 aromatic carbocycles. The average Bonchev–Trinajstić information content (AvgIpc) is 3.45. The third-order valence-corrected chi connectivity index (χ3v) is 10.6. The summed E-state index contributed by atoms with van der Waals surface area (Å²) in [5.74, 6) is 0.913. The van der Waals surface area contributed by atoms with Gasteiger partial charge in [-0.15, -0.1) is 0 Å². The Bertz CT molecular complexity index is 1250. The zero-order chi connectivity index (χ0) is 24.8. The number of piperidine rings is 1. The van der Waals surface area contributed by atoms with Gasteiger partial charge in [-0.1, -0.05) is 35.9 Å². The second-order valence-electron chi connectivity index (χ2n) is 10.6. The van der Waals surface area contributed by atoms with Gasteiger partial charge in [0, 0.05) is 42.6 Å². The molecule has 1 aliphatic carbocycles. The Labute approximate surface area is 218 Å². The van der Waals surface area contributed by atoms with Gasteiger partial charge < -0.3 is 10.6 Å². The van der Waals surface area contributed by atoms with Crippen molar-refractivity contribution in [2.75, 3.05) is 23.7 Å². The number of anilines is 2. The van der Waals surface area contributed by atoms with Crippen molar-refractivity contribution in [2.45, 2.75) is 73.5 Å². The van der Waals surface area contributed by atoms with E-state index in [0.29, 0.717) is 16.8 Å². The van der Waals surface area contributed by atoms with Crippen LogP contribution in [0.2, 0.25) is 5.02 Å². The van der Waals surface area contributed by atoms with Crippen LogP contribution in [-0.2, 0) is 11.0 Å². The normalized spacial score (nSPS) is 21.1. The minimum atomic E-state index is -1.04. The predicted molar refractivity (Wildman–Crippen MR) is 146 cm³/mol. The molecule has 2 fully saturated rings. The Morgan fingerprint density at radius 2 is 1.97 bits per heavy atom. The number of hydrogen-bond donors (Lipinski definition) is 2. The van der Waals surface area contributed by atoms with Gasteiger partial charge in [-0.2, -0.15) is 0 Å². The van der Waals surface area contributed by atoms with E-state index in [1.807, 2.05) is 51.5 Å². The molecule has 7 nitrogen and oxygen atoms in total. The van der Waals surface area contributed by atoms with E-state index in [-0.39, 0.29) is 10.2 Å². The maximum Gasteiger partial charge on any atom is 0.211 e. The van der Waals surface area contributed by atoms with Crippen LogP contribution >= 0.6 is 23.4 Å². The Morgan fingerprint density at radius 1 is 1.20 bits per heavy atom. The predicted octanol–water partition coefficient (Wildman–Crippen LogP) is 5.31. The number of fused-ring (bicyclic) bond motifs is 1. The lowest BCUT2D eigenvalue weighted by atomic mass is 9.74. The van der Waals surface area contributed by atoms with Crippen LogP contribution in [0.4, 0.5) is 11.6 Å². The number of nitrogens with zero attached hydrogens (tertiary/aromatic N) is 4. The van der Waals surface area contributed by atoms with Crippen LogP contribution in [0, 0.1) is 5.41 Å². The monoisotopic (exact) mass is 532 g/mol. The first-order chi connectivity index (χ1) is 16.7. The second-order valence-corrected chi connectivity index (χ2v) is 14.1. The highest BCUT2D eigenvalue weighted by molar-refractivity contribution is 7.99. The van der Waals surface area contributed by atoms with E-state index >= 15 is 0 Å². The molecule has 5 rings (SSSR count). The van der Waals surface area contributed by atoms with E-state index < -0.39 is 11.0 Å². The van der Waals surface area contributed by atoms with E-state index in [4.69, 9.17) is 22.3 Å². The van der Waals surface area contributed by atoms with E-state index in [1.165, 1.54) is 24.6 Å². The molecular formula is C25H33ClN6OS2. The largest absolute Gasteiger partial charge is 0.397 e. The first kappa shape index (κ1) is 24.9. The van der Waals surface area contributed by atoms with E-state index in [2.05, 4.69) is 19.0 Å². The molecule has 2 atom stereocenters. The van der Waals surface area contributed by atoms with Crippen LogP contribution < -0.4 is 15.4 Å². The van der Waals surface area contributed by atoms with Gasteiger partial charge in [0.05, 0.1) is 31.3 Å². The Hall–Kier alpha value is -1.81. The summed E-state index contributed by atoms with van der Waals surface area (Å²) in [6.45, 7) is 7.95. The van der Waals surface area contributed by atoms with Crippen LogP contribution in [0.25, 0.3) is 5.65 Å². The number of rotatable bonds is 5. The van der Waals surface area contributed by atoms with Crippen LogP contribution in [-0.4, -0.2) is 42.5 Å². The van der Waals surface area contributed by atoms with Crippen molar-refractivity contribution in [3.8, 4) is 0 Å². The van der Waals surface area contributed by atoms with Crippen molar-refractivity contribution >= 4 is 51.6 Å². The molecule has 0 bridgehead atoms. The fraction of sp³-hybridized carbons (Fsp3) is 0.520. The molecule has 1 aliphatic heterocycles. The number of aromatic nitrogens is 3. The standard InChI is InChI=1S/C25H33ClN6OS2/c1-24(2,3)35(33)30-20-8-5-9-25(20)10-13-31(14-11-25)23-29-16-19(22-28-12-15-32(22)23)34-18-7-4-6-17(27)21(18)26/h4,6-7,12,15-16,20,30H,5,8-11,13-14,27H2,1-3H3/t20-,35?/m1/s1. The van der Waals surface area contributed by atoms with E-state index in [0.717, 1.165) is 53.7 Å². The molecule has 1 unspecified atom stereocenters. The smallest absolute Gasteiger partial charge is 0.211 e. The molecule has 2 aliphatic rings. The molecule has 1 saturated carbocycles. The second kappa shape index (κ2) is 9.57. The summed E-state index contributed by atoms with van der Waals surface area (Å²) in [5.41, 5.74) is 7.62. The molecule has 3 aromatic rings. The van der Waals surface area contributed by atoms with Gasteiger partial charge in [-0.05, 0) is 64.0 Å². The van der Waals surface area contributed by atoms with Gasteiger partial charge in [0.2, 0.25) is 5.95 Å². The first-order valence-corrected chi connectivity index (χ1v) is 14.5. The highest BCUT2D eigenvalue weighted by Gasteiger charge is 2.46. The van der Waals surface area contributed by atoms with Crippen LogP contribution in [0.5, 0.6) is 0 Å². The summed E-state index contributed by atoms with van der Waals surface area (Å²) in [6, 6.07) is 5.97. The molecule has 0 amide bonds. The van der Waals surface area contributed by atoms with Crippen molar-refractivity contribution in [3.63, 3.8) is 0 Å². The minimum absolute atomic E-state index is 0.214. The van der Waals surface area contributed by atoms with Gasteiger partial charge >= 0.3 is 0 Å². The van der Waals surface area contributed by atoms with Crippen molar-refractivity contribution in [1.29, 1.82) is 0 Å². The maximum absolute atomic E-state index is 12.8. The number of nitrogens with two attached hydrogens (primary N) is 1. The summed E-state index contributed by atoms with van der Waals surface area (Å²) < 4.78 is 18.1. The number of halogens is 1. The topological polar surface area (TPSA) is 88.5 Å². The van der Waals surface area contributed by atoms with Gasteiger partial charge in [0.25, 0.3) is 0 Å². The molecule has 35 heavy (non-hydrogen) atoms. The van der Waals surface area contributed by atoms with Gasteiger partial charge in [-0.25, -0.2) is 18.9 Å². The van der Waals surface area contributed by atoms with Gasteiger partial charge in [0.1, 0.15) is 0 Å². The molecule has 1 saturated heterocycles. The summed E-state index contributed by atoms with van der Waals surface area (Å²) in [7, 11) is -1.04. The van der Waals surface area contributed by atoms with Crippen molar-refractivity contribution in [1.82, 2.24) is 19.1 Å².